The molecule has 0 bridgehead atoms. The number of nitrogens with one attached hydrogen (secondary N) is 1. The molecule has 0 aliphatic heterocycles. The van der Waals surface area contributed by atoms with Crippen LogP contribution in [-0.4, -0.2) is 37.6 Å². The van der Waals surface area contributed by atoms with Gasteiger partial charge in [0.2, 0.25) is 0 Å². The van der Waals surface area contributed by atoms with Crippen molar-refractivity contribution >= 4 is 23.3 Å². The second kappa shape index (κ2) is 8.26. The molecule has 116 valence electrons. The predicted octanol–water partition coefficient (Wildman–Crippen LogP) is 1.36. The van der Waals surface area contributed by atoms with Gasteiger partial charge in [0.15, 0.2) is 6.04 Å². The zero-order valence-corrected chi connectivity index (χ0v) is 12.8. The van der Waals surface area contributed by atoms with Crippen molar-refractivity contribution in [2.24, 2.45) is 5.73 Å². The number of nitrogens with two attached hydrogens (primary N) is 1. The molecular weight excluding hydrogens is 270 g/mol. The van der Waals surface area contributed by atoms with Crippen LogP contribution < -0.4 is 16.0 Å². The Morgan fingerprint density at radius 3 is 2.24 bits per heavy atom. The van der Waals surface area contributed by atoms with Crippen LogP contribution in [0.4, 0.5) is 11.4 Å². The first-order chi connectivity index (χ1) is 10.0. The number of esters is 1. The number of nitrogens with zero attached hydrogens (tertiary/aromatic N) is 1. The second-order valence-corrected chi connectivity index (χ2v) is 4.44. The summed E-state index contributed by atoms with van der Waals surface area (Å²) < 4.78 is 4.71. The van der Waals surface area contributed by atoms with Gasteiger partial charge in [-0.3, -0.25) is 4.79 Å². The quantitative estimate of drug-likeness (QED) is 0.586. The van der Waals surface area contributed by atoms with Crippen molar-refractivity contribution in [2.45, 2.75) is 26.8 Å². The van der Waals surface area contributed by atoms with Crippen LogP contribution in [0.5, 0.6) is 0 Å². The lowest BCUT2D eigenvalue weighted by molar-refractivity contribution is -0.146. The zero-order chi connectivity index (χ0) is 15.8. The fraction of sp³-hybridized carbons (Fsp3) is 0.467. The van der Waals surface area contributed by atoms with E-state index in [9.17, 15) is 9.59 Å². The van der Waals surface area contributed by atoms with Gasteiger partial charge in [-0.2, -0.15) is 0 Å². The Bertz CT molecular complexity index is 470. The van der Waals surface area contributed by atoms with Crippen LogP contribution in [-0.2, 0) is 14.3 Å². The molecule has 0 aliphatic rings. The van der Waals surface area contributed by atoms with Crippen LogP contribution in [0.2, 0.25) is 0 Å². The molecule has 1 rings (SSSR count). The normalized spacial score (nSPS) is 11.6. The Balaban J connectivity index is 2.67. The summed E-state index contributed by atoms with van der Waals surface area (Å²) in [4.78, 5) is 25.4. The Hall–Kier alpha value is -2.08. The molecule has 6 heteroatoms. The summed E-state index contributed by atoms with van der Waals surface area (Å²) in [6.07, 6.45) is 0. The lowest BCUT2D eigenvalue weighted by Crippen LogP contribution is -2.43. The molecule has 6 nitrogen and oxygen atoms in total. The minimum absolute atomic E-state index is 0.193. The van der Waals surface area contributed by atoms with E-state index in [0.717, 1.165) is 18.8 Å². The molecule has 0 saturated heterocycles. The maximum atomic E-state index is 11.8. The molecular formula is C15H23N3O3. The molecule has 0 aromatic heterocycles. The first-order valence-electron chi connectivity index (χ1n) is 7.11. The number of amides is 1. The van der Waals surface area contributed by atoms with Crippen molar-refractivity contribution in [3.8, 4) is 0 Å². The molecule has 0 spiro atoms. The first kappa shape index (κ1) is 17.0. The van der Waals surface area contributed by atoms with Crippen LogP contribution in [0.15, 0.2) is 24.3 Å². The van der Waals surface area contributed by atoms with Gasteiger partial charge in [-0.1, -0.05) is 0 Å². The standard InChI is InChI=1S/C15H23N3O3/c1-4-18(5-2)12-9-7-11(8-10-12)17-14(19)13(16)15(20)21-6-3/h7-10,13H,4-6,16H2,1-3H3,(H,17,19). The van der Waals surface area contributed by atoms with E-state index in [-0.39, 0.29) is 6.61 Å². The van der Waals surface area contributed by atoms with Crippen molar-refractivity contribution < 1.29 is 14.3 Å². The van der Waals surface area contributed by atoms with Gasteiger partial charge >= 0.3 is 5.97 Å². The number of ether oxygens (including phenoxy) is 1. The van der Waals surface area contributed by atoms with E-state index in [1.807, 2.05) is 12.1 Å². The average Bonchev–Trinajstić information content (AvgIpc) is 2.49. The molecule has 0 heterocycles. The molecule has 1 aromatic rings. The van der Waals surface area contributed by atoms with E-state index < -0.39 is 17.9 Å². The fourth-order valence-corrected chi connectivity index (χ4v) is 1.90. The number of hydrogen-bond donors (Lipinski definition) is 2. The summed E-state index contributed by atoms with van der Waals surface area (Å²) >= 11 is 0. The molecule has 0 aliphatic carbocycles. The monoisotopic (exact) mass is 293 g/mol. The smallest absolute Gasteiger partial charge is 0.332 e. The molecule has 3 N–H and O–H groups in total. The van der Waals surface area contributed by atoms with Crippen molar-refractivity contribution in [1.29, 1.82) is 0 Å². The predicted molar refractivity (Wildman–Crippen MR) is 83.2 cm³/mol. The maximum Gasteiger partial charge on any atom is 0.332 e. The van der Waals surface area contributed by atoms with Gasteiger partial charge in [0.05, 0.1) is 6.61 Å². The highest BCUT2D eigenvalue weighted by atomic mass is 16.5. The molecule has 1 atom stereocenters. The largest absolute Gasteiger partial charge is 0.464 e. The number of carbonyl (C=O) groups is 2. The molecule has 1 amide bonds. The summed E-state index contributed by atoms with van der Waals surface area (Å²) in [7, 11) is 0. The zero-order valence-electron chi connectivity index (χ0n) is 12.8. The number of carbonyl (C=O) groups excluding carboxylic acids is 2. The molecule has 0 saturated carbocycles. The van der Waals surface area contributed by atoms with Gasteiger partial charge in [0, 0.05) is 24.5 Å². The third-order valence-corrected chi connectivity index (χ3v) is 3.09. The van der Waals surface area contributed by atoms with Crippen LogP contribution >= 0.6 is 0 Å². The number of rotatable bonds is 7. The summed E-state index contributed by atoms with van der Waals surface area (Å²) in [5, 5.41) is 2.60. The molecule has 0 fully saturated rings. The third-order valence-electron chi connectivity index (χ3n) is 3.09. The van der Waals surface area contributed by atoms with Crippen molar-refractivity contribution in [3.05, 3.63) is 24.3 Å². The summed E-state index contributed by atoms with van der Waals surface area (Å²) in [6.45, 7) is 7.84. The lowest BCUT2D eigenvalue weighted by atomic mass is 10.2. The van der Waals surface area contributed by atoms with Gasteiger partial charge in [-0.15, -0.1) is 0 Å². The number of anilines is 2. The Morgan fingerprint density at radius 1 is 1.19 bits per heavy atom. The molecule has 0 radical (unpaired) electrons. The molecule has 1 unspecified atom stereocenters. The Kier molecular flexibility index (Phi) is 6.68. The van der Waals surface area contributed by atoms with Gasteiger partial charge in [0.1, 0.15) is 0 Å². The lowest BCUT2D eigenvalue weighted by Gasteiger charge is -2.21. The van der Waals surface area contributed by atoms with Crippen molar-refractivity contribution in [1.82, 2.24) is 0 Å². The number of hydrogen-bond acceptors (Lipinski definition) is 5. The van der Waals surface area contributed by atoms with Crippen LogP contribution in [0.25, 0.3) is 0 Å². The van der Waals surface area contributed by atoms with Gasteiger partial charge in [-0.05, 0) is 45.0 Å². The van der Waals surface area contributed by atoms with Crippen LogP contribution in [0.1, 0.15) is 20.8 Å². The highest BCUT2D eigenvalue weighted by molar-refractivity contribution is 6.08. The van der Waals surface area contributed by atoms with E-state index in [2.05, 4.69) is 24.1 Å². The van der Waals surface area contributed by atoms with E-state index in [4.69, 9.17) is 10.5 Å². The van der Waals surface area contributed by atoms with E-state index in [1.54, 1.807) is 19.1 Å². The van der Waals surface area contributed by atoms with Crippen molar-refractivity contribution in [3.63, 3.8) is 0 Å². The summed E-state index contributed by atoms with van der Waals surface area (Å²) in [5.74, 6) is -1.31. The number of benzene rings is 1. The highest BCUT2D eigenvalue weighted by Gasteiger charge is 2.23. The minimum Gasteiger partial charge on any atom is -0.464 e. The van der Waals surface area contributed by atoms with Crippen LogP contribution in [0.3, 0.4) is 0 Å². The topological polar surface area (TPSA) is 84.7 Å². The Morgan fingerprint density at radius 2 is 1.76 bits per heavy atom. The third kappa shape index (κ3) is 4.75. The van der Waals surface area contributed by atoms with Crippen LogP contribution in [0, 0.1) is 0 Å². The maximum absolute atomic E-state index is 11.8. The van der Waals surface area contributed by atoms with E-state index in [1.165, 1.54) is 0 Å². The van der Waals surface area contributed by atoms with Gasteiger partial charge in [-0.25, -0.2) is 4.79 Å². The fourth-order valence-electron chi connectivity index (χ4n) is 1.90. The van der Waals surface area contributed by atoms with E-state index in [0.29, 0.717) is 5.69 Å². The molecule has 1 aromatic carbocycles. The van der Waals surface area contributed by atoms with Gasteiger partial charge in [0.25, 0.3) is 5.91 Å². The Labute approximate surface area is 125 Å². The molecule has 21 heavy (non-hydrogen) atoms. The highest BCUT2D eigenvalue weighted by Crippen LogP contribution is 2.17. The van der Waals surface area contributed by atoms with Crippen molar-refractivity contribution in [2.75, 3.05) is 29.9 Å². The average molecular weight is 293 g/mol. The van der Waals surface area contributed by atoms with E-state index >= 15 is 0 Å². The van der Waals surface area contributed by atoms with Gasteiger partial charge < -0.3 is 20.7 Å². The first-order valence-corrected chi connectivity index (χ1v) is 7.11. The SMILES string of the molecule is CCOC(=O)C(N)C(=O)Nc1ccc(N(CC)CC)cc1. The summed E-state index contributed by atoms with van der Waals surface area (Å²) in [6, 6.07) is 6.08. The summed E-state index contributed by atoms with van der Waals surface area (Å²) in [5.41, 5.74) is 7.19. The second-order valence-electron chi connectivity index (χ2n) is 4.44. The minimum atomic E-state index is -1.31.